The molecular formula is C49H78O10. The molecule has 334 valence electrons. The number of rotatable bonds is 35. The van der Waals surface area contributed by atoms with Gasteiger partial charge in [-0.2, -0.15) is 0 Å². The van der Waals surface area contributed by atoms with E-state index in [2.05, 4.69) is 111 Å². The van der Waals surface area contributed by atoms with Gasteiger partial charge in [0.2, 0.25) is 0 Å². The van der Waals surface area contributed by atoms with Crippen molar-refractivity contribution in [1.29, 1.82) is 0 Å². The molecule has 1 saturated heterocycles. The van der Waals surface area contributed by atoms with Crippen molar-refractivity contribution in [2.24, 2.45) is 0 Å². The Hall–Kier alpha value is -3.38. The number of aliphatic hydroxyl groups is 4. The predicted molar refractivity (Wildman–Crippen MR) is 237 cm³/mol. The second-order valence-electron chi connectivity index (χ2n) is 14.8. The third-order valence-corrected chi connectivity index (χ3v) is 9.45. The van der Waals surface area contributed by atoms with Crippen LogP contribution >= 0.6 is 0 Å². The molecule has 1 aliphatic rings. The summed E-state index contributed by atoms with van der Waals surface area (Å²) in [6.45, 7) is 3.18. The summed E-state index contributed by atoms with van der Waals surface area (Å²) in [4.78, 5) is 25.3. The molecule has 0 radical (unpaired) electrons. The monoisotopic (exact) mass is 827 g/mol. The van der Waals surface area contributed by atoms with Gasteiger partial charge in [-0.3, -0.25) is 9.59 Å². The number of unbranched alkanes of at least 4 members (excludes halogenated alkanes) is 8. The molecular weight excluding hydrogens is 749 g/mol. The minimum absolute atomic E-state index is 0.167. The molecule has 0 aromatic carbocycles. The summed E-state index contributed by atoms with van der Waals surface area (Å²) >= 11 is 0. The van der Waals surface area contributed by atoms with Gasteiger partial charge in [0.25, 0.3) is 0 Å². The molecule has 4 N–H and O–H groups in total. The van der Waals surface area contributed by atoms with E-state index in [0.29, 0.717) is 12.8 Å². The number of carbonyl (C=O) groups is 2. The zero-order chi connectivity index (χ0) is 43.0. The van der Waals surface area contributed by atoms with Gasteiger partial charge in [-0.05, 0) is 96.3 Å². The summed E-state index contributed by atoms with van der Waals surface area (Å²) < 4.78 is 22.1. The smallest absolute Gasteiger partial charge is 0.306 e. The van der Waals surface area contributed by atoms with Gasteiger partial charge in [0, 0.05) is 12.8 Å². The number of hydrogen-bond donors (Lipinski definition) is 4. The van der Waals surface area contributed by atoms with Gasteiger partial charge < -0.3 is 39.4 Å². The Morgan fingerprint density at radius 3 is 1.51 bits per heavy atom. The number of carbonyl (C=O) groups excluding carboxylic acids is 2. The lowest BCUT2D eigenvalue weighted by molar-refractivity contribution is -0.305. The maximum atomic E-state index is 12.7. The molecule has 59 heavy (non-hydrogen) atoms. The Balaban J connectivity index is 2.40. The van der Waals surface area contributed by atoms with Crippen molar-refractivity contribution in [3.63, 3.8) is 0 Å². The second kappa shape index (κ2) is 38.8. The van der Waals surface area contributed by atoms with Crippen molar-refractivity contribution in [3.05, 3.63) is 97.2 Å². The fourth-order valence-electron chi connectivity index (χ4n) is 5.92. The Labute approximate surface area is 356 Å². The van der Waals surface area contributed by atoms with Crippen LogP contribution in [0.5, 0.6) is 0 Å². The minimum Gasteiger partial charge on any atom is -0.462 e. The van der Waals surface area contributed by atoms with Crippen LogP contribution in [-0.2, 0) is 28.5 Å². The number of ether oxygens (including phenoxy) is 4. The largest absolute Gasteiger partial charge is 0.462 e. The highest BCUT2D eigenvalue weighted by Crippen LogP contribution is 2.22. The van der Waals surface area contributed by atoms with Gasteiger partial charge in [0.15, 0.2) is 12.4 Å². The zero-order valence-electron chi connectivity index (χ0n) is 36.2. The van der Waals surface area contributed by atoms with Crippen molar-refractivity contribution in [1.82, 2.24) is 0 Å². The molecule has 1 heterocycles. The molecule has 0 bridgehead atoms. The normalized spacial score (nSPS) is 20.9. The maximum Gasteiger partial charge on any atom is 0.306 e. The van der Waals surface area contributed by atoms with E-state index in [1.54, 1.807) is 0 Å². The van der Waals surface area contributed by atoms with Crippen LogP contribution in [-0.4, -0.2) is 89.0 Å². The molecule has 6 atom stereocenters. The molecule has 1 rings (SSSR count). The molecule has 1 fully saturated rings. The minimum atomic E-state index is -1.61. The summed E-state index contributed by atoms with van der Waals surface area (Å²) in [5.74, 6) is -0.901. The van der Waals surface area contributed by atoms with Crippen molar-refractivity contribution >= 4 is 11.9 Å². The molecule has 10 heteroatoms. The van der Waals surface area contributed by atoms with Crippen molar-refractivity contribution < 1.29 is 49.0 Å². The summed E-state index contributed by atoms with van der Waals surface area (Å²) in [5, 5.41) is 40.1. The van der Waals surface area contributed by atoms with E-state index in [9.17, 15) is 30.0 Å². The average Bonchev–Trinajstić information content (AvgIpc) is 3.23. The number of esters is 2. The average molecular weight is 827 g/mol. The third-order valence-electron chi connectivity index (χ3n) is 9.45. The Morgan fingerprint density at radius 1 is 0.542 bits per heavy atom. The van der Waals surface area contributed by atoms with E-state index in [1.165, 1.54) is 19.3 Å². The topological polar surface area (TPSA) is 152 Å². The lowest BCUT2D eigenvalue weighted by Gasteiger charge is -2.39. The van der Waals surface area contributed by atoms with Crippen LogP contribution in [0.2, 0.25) is 0 Å². The standard InChI is InChI=1S/C49H78O10/c1-3-5-7-9-11-13-15-17-19-20-21-22-24-25-27-29-31-33-35-37-44(51)56-40-42(41-57-49-48(55)47(54)46(53)43(39-50)59-49)58-45(52)38-36-34-32-30-28-26-23-18-16-14-12-10-8-6-4-2/h5,7,11-14,17-19,21-23,25,27-28,30,42-43,46-50,53-55H,3-4,6,8-10,15-16,20,24,26,29,31-41H2,1-2H3/b7-5+,13-11+,14-12+,19-17+,22-21+,23-18+,27-25+,30-28+/t42-,43-,46+,47?,48?,49-/m0/s1. The molecule has 0 amide bonds. The van der Waals surface area contributed by atoms with E-state index >= 15 is 0 Å². The molecule has 0 aromatic rings. The first-order chi connectivity index (χ1) is 28.8. The second-order valence-corrected chi connectivity index (χ2v) is 14.8. The lowest BCUT2D eigenvalue weighted by atomic mass is 9.99. The molecule has 0 aromatic heterocycles. The van der Waals surface area contributed by atoms with Gasteiger partial charge in [0.1, 0.15) is 31.0 Å². The molecule has 2 unspecified atom stereocenters. The first-order valence-electron chi connectivity index (χ1n) is 22.3. The molecule has 1 aliphatic heterocycles. The first kappa shape index (κ1) is 53.6. The third kappa shape index (κ3) is 30.3. The fraction of sp³-hybridized carbons (Fsp3) is 0.633. The van der Waals surface area contributed by atoms with E-state index in [4.69, 9.17) is 18.9 Å². The van der Waals surface area contributed by atoms with Gasteiger partial charge in [-0.25, -0.2) is 0 Å². The highest BCUT2D eigenvalue weighted by molar-refractivity contribution is 5.70. The quantitative estimate of drug-likeness (QED) is 0.0276. The molecule has 0 spiro atoms. The summed E-state index contributed by atoms with van der Waals surface area (Å²) in [7, 11) is 0. The van der Waals surface area contributed by atoms with E-state index in [-0.39, 0.29) is 26.1 Å². The van der Waals surface area contributed by atoms with Gasteiger partial charge in [-0.15, -0.1) is 0 Å². The highest BCUT2D eigenvalue weighted by atomic mass is 16.7. The van der Waals surface area contributed by atoms with E-state index in [0.717, 1.165) is 83.5 Å². The number of hydrogen-bond acceptors (Lipinski definition) is 10. The van der Waals surface area contributed by atoms with Crippen molar-refractivity contribution in [2.45, 2.75) is 179 Å². The van der Waals surface area contributed by atoms with Gasteiger partial charge in [0.05, 0.1) is 13.2 Å². The summed E-state index contributed by atoms with van der Waals surface area (Å²) in [6.07, 6.45) is 44.1. The Bertz CT molecular complexity index is 1280. The van der Waals surface area contributed by atoms with Crippen molar-refractivity contribution in [2.75, 3.05) is 19.8 Å². The van der Waals surface area contributed by atoms with Crippen LogP contribution in [0.3, 0.4) is 0 Å². The molecule has 0 saturated carbocycles. The highest BCUT2D eigenvalue weighted by Gasteiger charge is 2.44. The van der Waals surface area contributed by atoms with Crippen LogP contribution < -0.4 is 0 Å². The zero-order valence-corrected chi connectivity index (χ0v) is 36.2. The Kier molecular flexibility index (Phi) is 35.3. The SMILES string of the molecule is CC/C=C/C/C=C/C/C=C/C/C=C/C/C=C/CCCCCC(=O)OC[C@@H](CO[C@H]1O[C@@H](CO)[C@@H](O)C(O)C1O)OC(=O)CCCC/C=C/C/C=C/C/C=C/CCCCC. The summed E-state index contributed by atoms with van der Waals surface area (Å²) in [6, 6.07) is 0. The maximum absolute atomic E-state index is 12.7. The predicted octanol–water partition coefficient (Wildman–Crippen LogP) is 9.55. The van der Waals surface area contributed by atoms with E-state index < -0.39 is 55.4 Å². The van der Waals surface area contributed by atoms with Crippen LogP contribution in [0.4, 0.5) is 0 Å². The van der Waals surface area contributed by atoms with Gasteiger partial charge in [-0.1, -0.05) is 130 Å². The van der Waals surface area contributed by atoms with Crippen LogP contribution in [0.1, 0.15) is 142 Å². The number of aliphatic hydroxyl groups excluding tert-OH is 4. The van der Waals surface area contributed by atoms with Crippen LogP contribution in [0.15, 0.2) is 97.2 Å². The lowest BCUT2D eigenvalue weighted by Crippen LogP contribution is -2.59. The van der Waals surface area contributed by atoms with Crippen LogP contribution in [0.25, 0.3) is 0 Å². The number of allylic oxidation sites excluding steroid dienone is 16. The molecule has 10 nitrogen and oxygen atoms in total. The first-order valence-corrected chi connectivity index (χ1v) is 22.3. The molecule has 0 aliphatic carbocycles. The summed E-state index contributed by atoms with van der Waals surface area (Å²) in [5.41, 5.74) is 0. The Morgan fingerprint density at radius 2 is 1.00 bits per heavy atom. The van der Waals surface area contributed by atoms with Crippen molar-refractivity contribution in [3.8, 4) is 0 Å². The van der Waals surface area contributed by atoms with E-state index in [1.807, 2.05) is 0 Å². The van der Waals surface area contributed by atoms with Crippen LogP contribution in [0, 0.1) is 0 Å². The fourth-order valence-corrected chi connectivity index (χ4v) is 5.92. The van der Waals surface area contributed by atoms with Gasteiger partial charge >= 0.3 is 11.9 Å².